The van der Waals surface area contributed by atoms with Crippen LogP contribution in [0.2, 0.25) is 0 Å². The van der Waals surface area contributed by atoms with Crippen LogP contribution < -0.4 is 16.0 Å². The number of carbonyl (C=O) groups is 1. The molecule has 0 bridgehead atoms. The topological polar surface area (TPSA) is 65.5 Å². The number of hydrogen-bond acceptors (Lipinski definition) is 2. The van der Waals surface area contributed by atoms with Gasteiger partial charge in [-0.1, -0.05) is 19.1 Å². The summed E-state index contributed by atoms with van der Waals surface area (Å²) in [4.78, 5) is 15.8. The van der Waals surface area contributed by atoms with Crippen LogP contribution in [0.1, 0.15) is 36.2 Å². The van der Waals surface area contributed by atoms with Gasteiger partial charge in [0.15, 0.2) is 5.96 Å². The van der Waals surface area contributed by atoms with Crippen LogP contribution in [0.4, 0.5) is 0 Å². The molecule has 21 heavy (non-hydrogen) atoms. The summed E-state index contributed by atoms with van der Waals surface area (Å²) in [5, 5.41) is 9.16. The van der Waals surface area contributed by atoms with Gasteiger partial charge in [-0.25, -0.2) is 0 Å². The predicted octanol–water partition coefficient (Wildman–Crippen LogP) is 2.13. The van der Waals surface area contributed by atoms with Gasteiger partial charge in [-0.15, -0.1) is 24.0 Å². The third-order valence-corrected chi connectivity index (χ3v) is 3.10. The number of nitrogens with one attached hydrogen (secondary N) is 3. The minimum Gasteiger partial charge on any atom is -0.355 e. The van der Waals surface area contributed by atoms with Crippen molar-refractivity contribution in [3.63, 3.8) is 0 Å². The van der Waals surface area contributed by atoms with Crippen molar-refractivity contribution in [3.8, 4) is 0 Å². The minimum absolute atomic E-state index is 0. The molecule has 1 aromatic rings. The maximum absolute atomic E-state index is 11.6. The van der Waals surface area contributed by atoms with Crippen LogP contribution in [0.25, 0.3) is 0 Å². The van der Waals surface area contributed by atoms with Gasteiger partial charge in [0, 0.05) is 32.2 Å². The first kappa shape index (κ1) is 19.7. The van der Waals surface area contributed by atoms with E-state index >= 15 is 0 Å². The maximum Gasteiger partial charge on any atom is 0.251 e. The van der Waals surface area contributed by atoms with Crippen molar-refractivity contribution in [2.24, 2.45) is 4.99 Å². The Bertz CT molecular complexity index is 476. The Balaban J connectivity index is 0.00000400. The Morgan fingerprint density at radius 3 is 2.67 bits per heavy atom. The van der Waals surface area contributed by atoms with Crippen LogP contribution in [-0.2, 0) is 6.54 Å². The summed E-state index contributed by atoms with van der Waals surface area (Å²) < 4.78 is 0. The lowest BCUT2D eigenvalue weighted by Gasteiger charge is -2.16. The van der Waals surface area contributed by atoms with E-state index in [1.54, 1.807) is 20.2 Å². The molecule has 0 saturated heterocycles. The van der Waals surface area contributed by atoms with Gasteiger partial charge in [0.1, 0.15) is 0 Å². The molecule has 5 nitrogen and oxygen atoms in total. The van der Waals surface area contributed by atoms with Crippen molar-refractivity contribution in [1.82, 2.24) is 16.0 Å². The number of nitrogens with zero attached hydrogens (tertiary/aromatic N) is 1. The Morgan fingerprint density at radius 2 is 2.10 bits per heavy atom. The van der Waals surface area contributed by atoms with Crippen LogP contribution in [0.5, 0.6) is 0 Å². The van der Waals surface area contributed by atoms with E-state index in [0.29, 0.717) is 18.2 Å². The SMILES string of the molecule is CCC(C)NC(=NC)NCc1cccc(C(=O)NC)c1.I. The molecule has 0 aliphatic carbocycles. The third kappa shape index (κ3) is 6.79. The summed E-state index contributed by atoms with van der Waals surface area (Å²) >= 11 is 0. The van der Waals surface area contributed by atoms with E-state index in [2.05, 4.69) is 34.8 Å². The normalized spacial score (nSPS) is 12.1. The zero-order valence-electron chi connectivity index (χ0n) is 13.1. The summed E-state index contributed by atoms with van der Waals surface area (Å²) in [7, 11) is 3.38. The van der Waals surface area contributed by atoms with Crippen molar-refractivity contribution in [2.45, 2.75) is 32.9 Å². The van der Waals surface area contributed by atoms with Crippen molar-refractivity contribution in [1.29, 1.82) is 0 Å². The van der Waals surface area contributed by atoms with Crippen LogP contribution >= 0.6 is 24.0 Å². The molecule has 0 fully saturated rings. The monoisotopic (exact) mass is 404 g/mol. The number of halogens is 1. The Hall–Kier alpha value is -1.31. The van der Waals surface area contributed by atoms with Gasteiger partial charge >= 0.3 is 0 Å². The average molecular weight is 404 g/mol. The number of aliphatic imine (C=N–C) groups is 1. The molecule has 0 saturated carbocycles. The summed E-state index contributed by atoms with van der Waals surface area (Å²) in [5.74, 6) is 0.693. The van der Waals surface area contributed by atoms with Crippen molar-refractivity contribution in [3.05, 3.63) is 35.4 Å². The zero-order chi connectivity index (χ0) is 15.0. The molecular formula is C15H25IN4O. The highest BCUT2D eigenvalue weighted by Gasteiger charge is 2.05. The summed E-state index contributed by atoms with van der Waals surface area (Å²) in [5.41, 5.74) is 1.70. The highest BCUT2D eigenvalue weighted by Crippen LogP contribution is 2.05. The molecule has 1 unspecified atom stereocenters. The van der Waals surface area contributed by atoms with Crippen LogP contribution in [0.3, 0.4) is 0 Å². The van der Waals surface area contributed by atoms with E-state index in [9.17, 15) is 4.79 Å². The van der Waals surface area contributed by atoms with E-state index in [0.717, 1.165) is 17.9 Å². The van der Waals surface area contributed by atoms with Crippen molar-refractivity contribution >= 4 is 35.8 Å². The van der Waals surface area contributed by atoms with Gasteiger partial charge in [0.25, 0.3) is 5.91 Å². The molecule has 0 aromatic heterocycles. The highest BCUT2D eigenvalue weighted by molar-refractivity contribution is 14.0. The van der Waals surface area contributed by atoms with Gasteiger partial charge in [-0.05, 0) is 31.0 Å². The fraction of sp³-hybridized carbons (Fsp3) is 0.467. The van der Waals surface area contributed by atoms with E-state index in [4.69, 9.17) is 0 Å². The molecule has 0 radical (unpaired) electrons. The molecule has 6 heteroatoms. The molecule has 3 N–H and O–H groups in total. The van der Waals surface area contributed by atoms with E-state index in [1.165, 1.54) is 0 Å². The van der Waals surface area contributed by atoms with Crippen LogP contribution in [0, 0.1) is 0 Å². The van der Waals surface area contributed by atoms with Crippen molar-refractivity contribution in [2.75, 3.05) is 14.1 Å². The Labute approximate surface area is 144 Å². The lowest BCUT2D eigenvalue weighted by molar-refractivity contribution is 0.0963. The molecule has 0 spiro atoms. The molecule has 1 amide bonds. The van der Waals surface area contributed by atoms with Gasteiger partial charge < -0.3 is 16.0 Å². The number of amides is 1. The smallest absolute Gasteiger partial charge is 0.251 e. The van der Waals surface area contributed by atoms with Crippen LogP contribution in [0.15, 0.2) is 29.3 Å². The maximum atomic E-state index is 11.6. The second-order valence-corrected chi connectivity index (χ2v) is 4.66. The van der Waals surface area contributed by atoms with Crippen LogP contribution in [-0.4, -0.2) is 32.0 Å². The van der Waals surface area contributed by atoms with Crippen molar-refractivity contribution < 1.29 is 4.79 Å². The van der Waals surface area contributed by atoms with E-state index in [-0.39, 0.29) is 29.9 Å². The highest BCUT2D eigenvalue weighted by atomic mass is 127. The lowest BCUT2D eigenvalue weighted by atomic mass is 10.1. The third-order valence-electron chi connectivity index (χ3n) is 3.10. The molecular weight excluding hydrogens is 379 g/mol. The zero-order valence-corrected chi connectivity index (χ0v) is 15.4. The molecule has 1 aromatic carbocycles. The predicted molar refractivity (Wildman–Crippen MR) is 98.3 cm³/mol. The lowest BCUT2D eigenvalue weighted by Crippen LogP contribution is -2.41. The van der Waals surface area contributed by atoms with Gasteiger partial charge in [-0.3, -0.25) is 9.79 Å². The summed E-state index contributed by atoms with van der Waals surface area (Å²) in [6.45, 7) is 4.86. The minimum atomic E-state index is -0.0750. The number of carbonyl (C=O) groups excluding carboxylic acids is 1. The Kier molecular flexibility index (Phi) is 9.77. The number of hydrogen-bond donors (Lipinski definition) is 3. The molecule has 118 valence electrons. The number of rotatable bonds is 5. The van der Waals surface area contributed by atoms with E-state index in [1.807, 2.05) is 18.2 Å². The average Bonchev–Trinajstić information content (AvgIpc) is 2.50. The molecule has 1 rings (SSSR count). The van der Waals surface area contributed by atoms with E-state index < -0.39 is 0 Å². The first-order valence-corrected chi connectivity index (χ1v) is 6.88. The van der Waals surface area contributed by atoms with Gasteiger partial charge in [-0.2, -0.15) is 0 Å². The summed E-state index contributed by atoms with van der Waals surface area (Å²) in [6.07, 6.45) is 1.03. The molecule has 0 aliphatic heterocycles. The fourth-order valence-corrected chi connectivity index (χ4v) is 1.68. The van der Waals surface area contributed by atoms with Gasteiger partial charge in [0.2, 0.25) is 0 Å². The second-order valence-electron chi connectivity index (χ2n) is 4.66. The summed E-state index contributed by atoms with van der Waals surface area (Å²) in [6, 6.07) is 7.91. The number of guanidine groups is 1. The molecule has 1 atom stereocenters. The molecule has 0 aliphatic rings. The first-order chi connectivity index (χ1) is 9.60. The molecule has 0 heterocycles. The first-order valence-electron chi connectivity index (χ1n) is 6.88. The Morgan fingerprint density at radius 1 is 1.38 bits per heavy atom. The van der Waals surface area contributed by atoms with Gasteiger partial charge in [0.05, 0.1) is 0 Å². The standard InChI is InChI=1S/C15H24N4O.HI/c1-5-11(2)19-15(17-4)18-10-12-7-6-8-13(9-12)14(20)16-3;/h6-9,11H,5,10H2,1-4H3,(H,16,20)(H2,17,18,19);1H. The second kappa shape index (κ2) is 10.4. The quantitative estimate of drug-likeness (QED) is 0.400. The number of benzene rings is 1. The fourth-order valence-electron chi connectivity index (χ4n) is 1.68. The largest absolute Gasteiger partial charge is 0.355 e.